The van der Waals surface area contributed by atoms with Gasteiger partial charge in [-0.25, -0.2) is 4.79 Å². The van der Waals surface area contributed by atoms with Crippen LogP contribution in [0, 0.1) is 0 Å². The lowest BCUT2D eigenvalue weighted by Crippen LogP contribution is -2.42. The number of aromatic hydroxyl groups is 1. The minimum Gasteiger partial charge on any atom is -0.508 e. The Kier molecular flexibility index (Phi) is 5.28. The maximum atomic E-state index is 13.8. The van der Waals surface area contributed by atoms with E-state index < -0.39 is 23.7 Å². The Bertz CT molecular complexity index is 474. The number of halogens is 4. The Morgan fingerprint density at radius 3 is 2.58 bits per heavy atom. The summed E-state index contributed by atoms with van der Waals surface area (Å²) in [7, 11) is 0. The highest BCUT2D eigenvalue weighted by molar-refractivity contribution is 9.11. The molecule has 1 aromatic rings. The number of ether oxygens (including phenoxy) is 1. The van der Waals surface area contributed by atoms with E-state index in [4.69, 9.17) is 5.73 Å². The second-order valence-electron chi connectivity index (χ2n) is 3.64. The third-order valence-corrected chi connectivity index (χ3v) is 3.44. The van der Waals surface area contributed by atoms with Crippen molar-refractivity contribution in [1.82, 2.24) is 0 Å². The number of phenolic OH excluding ortho intramolecular Hbond substituents is 1. The molecule has 0 aliphatic heterocycles. The number of alkyl halides is 2. The third kappa shape index (κ3) is 3.43. The van der Waals surface area contributed by atoms with Gasteiger partial charge in [-0.2, -0.15) is 8.78 Å². The molecule has 0 bridgehead atoms. The molecule has 0 saturated carbocycles. The van der Waals surface area contributed by atoms with Gasteiger partial charge in [0.25, 0.3) is 0 Å². The average Bonchev–Trinajstić information content (AvgIpc) is 2.27. The molecule has 0 radical (unpaired) electrons. The highest BCUT2D eigenvalue weighted by atomic mass is 79.9. The number of hydrogen-bond donors (Lipinski definition) is 2. The molecule has 0 amide bonds. The molecular weight excluding hydrogens is 392 g/mol. The number of nitrogens with two attached hydrogens (primary N) is 1. The third-order valence-electron chi connectivity index (χ3n) is 2.32. The second kappa shape index (κ2) is 6.15. The van der Waals surface area contributed by atoms with Crippen molar-refractivity contribution in [2.75, 3.05) is 6.61 Å². The van der Waals surface area contributed by atoms with E-state index in [9.17, 15) is 18.7 Å². The summed E-state index contributed by atoms with van der Waals surface area (Å²) < 4.78 is 32.5. The van der Waals surface area contributed by atoms with Gasteiger partial charge < -0.3 is 15.6 Å². The van der Waals surface area contributed by atoms with Gasteiger partial charge in [-0.3, -0.25) is 0 Å². The molecule has 0 saturated heterocycles. The Morgan fingerprint density at radius 1 is 1.53 bits per heavy atom. The number of benzene rings is 1. The minimum atomic E-state index is -3.94. The number of hydrogen-bond acceptors (Lipinski definition) is 4. The summed E-state index contributed by atoms with van der Waals surface area (Å²) in [4.78, 5) is 11.2. The number of carbonyl (C=O) groups excluding carboxylic acids is 1. The average molecular weight is 403 g/mol. The smallest absolute Gasteiger partial charge is 0.379 e. The monoisotopic (exact) mass is 401 g/mol. The molecule has 3 N–H and O–H groups in total. The van der Waals surface area contributed by atoms with Crippen molar-refractivity contribution in [3.8, 4) is 5.75 Å². The molecule has 4 nitrogen and oxygen atoms in total. The van der Waals surface area contributed by atoms with Gasteiger partial charge in [-0.05, 0) is 19.1 Å². The molecular formula is C11H11Br2F2NO3. The fraction of sp³-hybridized carbons (Fsp3) is 0.364. The van der Waals surface area contributed by atoms with E-state index in [1.54, 1.807) is 0 Å². The van der Waals surface area contributed by atoms with Crippen LogP contribution >= 0.6 is 31.9 Å². The van der Waals surface area contributed by atoms with Gasteiger partial charge in [0, 0.05) is 14.5 Å². The van der Waals surface area contributed by atoms with E-state index in [-0.39, 0.29) is 16.6 Å². The fourth-order valence-electron chi connectivity index (χ4n) is 1.41. The van der Waals surface area contributed by atoms with Crippen molar-refractivity contribution in [3.63, 3.8) is 0 Å². The Balaban J connectivity index is 3.19. The van der Waals surface area contributed by atoms with E-state index in [0.717, 1.165) is 0 Å². The van der Waals surface area contributed by atoms with Crippen LogP contribution in [0.25, 0.3) is 0 Å². The van der Waals surface area contributed by atoms with Crippen LogP contribution in [0.3, 0.4) is 0 Å². The summed E-state index contributed by atoms with van der Waals surface area (Å²) >= 11 is 6.11. The molecule has 8 heteroatoms. The summed E-state index contributed by atoms with van der Waals surface area (Å²) in [6, 6.07) is 0.631. The van der Waals surface area contributed by atoms with Gasteiger partial charge in [0.2, 0.25) is 0 Å². The maximum absolute atomic E-state index is 13.8. The fourth-order valence-corrected chi connectivity index (χ4v) is 2.86. The van der Waals surface area contributed by atoms with E-state index in [2.05, 4.69) is 36.6 Å². The number of carbonyl (C=O) groups is 1. The summed E-state index contributed by atoms with van der Waals surface area (Å²) in [5.41, 5.74) is 5.14. The van der Waals surface area contributed by atoms with Crippen molar-refractivity contribution in [2.45, 2.75) is 18.9 Å². The zero-order valence-electron chi connectivity index (χ0n) is 9.79. The van der Waals surface area contributed by atoms with Crippen LogP contribution < -0.4 is 5.73 Å². The highest BCUT2D eigenvalue weighted by Crippen LogP contribution is 2.40. The lowest BCUT2D eigenvalue weighted by atomic mass is 10.0. The number of esters is 1. The highest BCUT2D eigenvalue weighted by Gasteiger charge is 2.49. The summed E-state index contributed by atoms with van der Waals surface area (Å²) in [6.07, 6.45) is 0. The van der Waals surface area contributed by atoms with Crippen LogP contribution in [0.4, 0.5) is 8.78 Å². The largest absolute Gasteiger partial charge is 0.508 e. The molecule has 19 heavy (non-hydrogen) atoms. The SMILES string of the molecule is CCOC(=O)C(F)(F)[C@@H](N)c1c(O)cc(Br)cc1Br. The van der Waals surface area contributed by atoms with Gasteiger partial charge in [0.1, 0.15) is 11.8 Å². The van der Waals surface area contributed by atoms with Crippen LogP contribution in [-0.2, 0) is 9.53 Å². The predicted octanol–water partition coefficient (Wildman–Crippen LogP) is 3.12. The minimum absolute atomic E-state index is 0.163. The van der Waals surface area contributed by atoms with Crippen LogP contribution in [0.5, 0.6) is 5.75 Å². The maximum Gasteiger partial charge on any atom is 0.379 e. The van der Waals surface area contributed by atoms with Crippen molar-refractivity contribution < 1.29 is 23.4 Å². The molecule has 0 aliphatic carbocycles. The normalized spacial score (nSPS) is 13.2. The first-order chi connectivity index (χ1) is 8.71. The van der Waals surface area contributed by atoms with Crippen LogP contribution in [0.2, 0.25) is 0 Å². The molecule has 0 aliphatic rings. The Labute approximate surface area is 125 Å². The van der Waals surface area contributed by atoms with E-state index >= 15 is 0 Å². The topological polar surface area (TPSA) is 72.5 Å². The molecule has 1 rings (SSSR count). The standard InChI is InChI=1S/C11H11Br2F2NO3/c1-2-19-10(18)11(14,15)9(16)8-6(13)3-5(12)4-7(8)17/h3-4,9,17H,2,16H2,1H3/t9-/m0/s1. The van der Waals surface area contributed by atoms with Crippen molar-refractivity contribution >= 4 is 37.8 Å². The van der Waals surface area contributed by atoms with Crippen molar-refractivity contribution in [2.24, 2.45) is 5.73 Å². The Morgan fingerprint density at radius 2 is 2.11 bits per heavy atom. The van der Waals surface area contributed by atoms with Crippen LogP contribution in [-0.4, -0.2) is 23.6 Å². The molecule has 0 heterocycles. The van der Waals surface area contributed by atoms with Gasteiger partial charge >= 0.3 is 11.9 Å². The quantitative estimate of drug-likeness (QED) is 0.759. The lowest BCUT2D eigenvalue weighted by molar-refractivity contribution is -0.174. The predicted molar refractivity (Wildman–Crippen MR) is 72.0 cm³/mol. The van der Waals surface area contributed by atoms with Gasteiger partial charge in [-0.1, -0.05) is 31.9 Å². The zero-order chi connectivity index (χ0) is 14.8. The molecule has 0 fully saturated rings. The van der Waals surface area contributed by atoms with Crippen LogP contribution in [0.1, 0.15) is 18.5 Å². The first-order valence-electron chi connectivity index (χ1n) is 5.20. The summed E-state index contributed by atoms with van der Waals surface area (Å²) in [6.45, 7) is 1.22. The van der Waals surface area contributed by atoms with E-state index in [1.165, 1.54) is 19.1 Å². The molecule has 0 aromatic heterocycles. The van der Waals surface area contributed by atoms with Crippen LogP contribution in [0.15, 0.2) is 21.1 Å². The number of rotatable bonds is 4. The lowest BCUT2D eigenvalue weighted by Gasteiger charge is -2.23. The molecule has 1 atom stereocenters. The molecule has 0 spiro atoms. The summed E-state index contributed by atoms with van der Waals surface area (Å²) in [5.74, 6) is -6.11. The molecule has 0 unspecified atom stereocenters. The zero-order valence-corrected chi connectivity index (χ0v) is 13.0. The van der Waals surface area contributed by atoms with E-state index in [1.807, 2.05) is 0 Å². The van der Waals surface area contributed by atoms with Gasteiger partial charge in [0.05, 0.1) is 6.61 Å². The first-order valence-corrected chi connectivity index (χ1v) is 6.78. The number of phenols is 1. The van der Waals surface area contributed by atoms with E-state index in [0.29, 0.717) is 4.47 Å². The van der Waals surface area contributed by atoms with Gasteiger partial charge in [0.15, 0.2) is 0 Å². The molecule has 1 aromatic carbocycles. The van der Waals surface area contributed by atoms with Crippen molar-refractivity contribution in [3.05, 3.63) is 26.6 Å². The van der Waals surface area contributed by atoms with Crippen molar-refractivity contribution in [1.29, 1.82) is 0 Å². The van der Waals surface area contributed by atoms with Gasteiger partial charge in [-0.15, -0.1) is 0 Å². The Hall–Kier alpha value is -0.730. The summed E-state index contributed by atoms with van der Waals surface area (Å²) in [5, 5.41) is 9.69. The molecule has 106 valence electrons. The first kappa shape index (κ1) is 16.3. The second-order valence-corrected chi connectivity index (χ2v) is 5.41.